The topological polar surface area (TPSA) is 39.2 Å². The van der Waals surface area contributed by atoms with Crippen molar-refractivity contribution in [3.8, 4) is 0 Å². The Morgan fingerprint density at radius 3 is 3.25 bits per heavy atom. The normalized spacial score (nSPS) is 15.4. The van der Waals surface area contributed by atoms with Crippen molar-refractivity contribution in [1.82, 2.24) is 0 Å². The van der Waals surface area contributed by atoms with E-state index in [1.54, 1.807) is 18.4 Å². The van der Waals surface area contributed by atoms with Gasteiger partial charge in [-0.3, -0.25) is 0 Å². The second-order valence-electron chi connectivity index (χ2n) is 1.46. The van der Waals surface area contributed by atoms with Gasteiger partial charge in [0.05, 0.1) is 6.26 Å². The van der Waals surface area contributed by atoms with Gasteiger partial charge in [-0.15, -0.1) is 0 Å². The van der Waals surface area contributed by atoms with E-state index >= 15 is 0 Å². The van der Waals surface area contributed by atoms with E-state index < -0.39 is 6.40 Å². The number of hydrogen-bond acceptors (Lipinski definition) is 2. The van der Waals surface area contributed by atoms with Crippen molar-refractivity contribution in [2.75, 3.05) is 6.54 Å². The summed E-state index contributed by atoms with van der Waals surface area (Å²) in [6.45, 7) is 0.313. The zero-order valence-electron chi connectivity index (χ0n) is 5.50. The Morgan fingerprint density at radius 1 is 1.88 bits per heavy atom. The van der Waals surface area contributed by atoms with Gasteiger partial charge in [0.1, 0.15) is 5.76 Å². The van der Waals surface area contributed by atoms with E-state index in [2.05, 4.69) is 0 Å². The fraction of sp³-hybridized carbons (Fsp3) is 0.333. The zero-order chi connectivity index (χ0) is 6.69. The van der Waals surface area contributed by atoms with E-state index in [1.165, 1.54) is 0 Å². The van der Waals surface area contributed by atoms with Crippen molar-refractivity contribution in [2.24, 2.45) is 5.73 Å². The monoisotopic (exact) mass is 112 g/mol. The van der Waals surface area contributed by atoms with Crippen LogP contribution in [0.1, 0.15) is 7.13 Å². The van der Waals surface area contributed by atoms with Crippen LogP contribution in [0.15, 0.2) is 22.8 Å². The van der Waals surface area contributed by atoms with Crippen molar-refractivity contribution < 1.29 is 5.79 Å². The summed E-state index contributed by atoms with van der Waals surface area (Å²) < 4.78 is 12.2. The van der Waals surface area contributed by atoms with Crippen molar-refractivity contribution in [1.29, 1.82) is 0 Å². The Morgan fingerprint density at radius 2 is 2.75 bits per heavy atom. The Balaban J connectivity index is 2.65. The lowest BCUT2D eigenvalue weighted by Gasteiger charge is -1.86. The molecule has 2 N–H and O–H groups in total. The highest BCUT2D eigenvalue weighted by atomic mass is 16.3. The molecule has 0 saturated heterocycles. The number of nitrogens with two attached hydrogens (primary N) is 1. The van der Waals surface area contributed by atoms with Crippen LogP contribution in [0.4, 0.5) is 0 Å². The zero-order valence-corrected chi connectivity index (χ0v) is 4.50. The van der Waals surface area contributed by atoms with Crippen molar-refractivity contribution in [3.05, 3.63) is 24.2 Å². The summed E-state index contributed by atoms with van der Waals surface area (Å²) in [5, 5.41) is 0. The largest absolute Gasteiger partial charge is 0.469 e. The summed E-state index contributed by atoms with van der Waals surface area (Å²) in [7, 11) is 0. The molecular formula is C6H9NO. The third-order valence-electron chi connectivity index (χ3n) is 0.862. The quantitative estimate of drug-likeness (QED) is 0.614. The Hall–Kier alpha value is -0.760. The summed E-state index contributed by atoms with van der Waals surface area (Å²) in [5.41, 5.74) is 5.22. The summed E-state index contributed by atoms with van der Waals surface area (Å²) in [6, 6.07) is 3.51. The lowest BCUT2D eigenvalue weighted by molar-refractivity contribution is 0.511. The van der Waals surface area contributed by atoms with E-state index in [-0.39, 0.29) is 0 Å². The van der Waals surface area contributed by atoms with Crippen LogP contribution < -0.4 is 5.73 Å². The smallest absolute Gasteiger partial charge is 0.105 e. The molecule has 0 aromatic carbocycles. The van der Waals surface area contributed by atoms with Gasteiger partial charge in [0.2, 0.25) is 0 Å². The SMILES string of the molecule is [2H]C(CN)c1ccco1. The second-order valence-corrected chi connectivity index (χ2v) is 1.46. The molecule has 1 aromatic heterocycles. The predicted octanol–water partition coefficient (Wildman–Crippen LogP) is 0.781. The molecule has 1 atom stereocenters. The minimum atomic E-state index is -0.403. The van der Waals surface area contributed by atoms with Crippen LogP contribution >= 0.6 is 0 Å². The number of hydrogen-bond donors (Lipinski definition) is 1. The van der Waals surface area contributed by atoms with Gasteiger partial charge >= 0.3 is 0 Å². The summed E-state index contributed by atoms with van der Waals surface area (Å²) in [6.07, 6.45) is 1.15. The molecule has 1 aromatic rings. The number of rotatable bonds is 2. The lowest BCUT2D eigenvalue weighted by atomic mass is 10.3. The summed E-state index contributed by atoms with van der Waals surface area (Å²) in [4.78, 5) is 0. The first-order chi connectivity index (χ1) is 4.34. The molecule has 0 fully saturated rings. The van der Waals surface area contributed by atoms with Gasteiger partial charge < -0.3 is 10.2 Å². The lowest BCUT2D eigenvalue weighted by Crippen LogP contribution is -2.01. The predicted molar refractivity (Wildman–Crippen MR) is 31.5 cm³/mol. The molecule has 8 heavy (non-hydrogen) atoms. The average molecular weight is 112 g/mol. The van der Waals surface area contributed by atoms with Gasteiger partial charge in [-0.2, -0.15) is 0 Å². The molecule has 1 unspecified atom stereocenters. The van der Waals surface area contributed by atoms with Gasteiger partial charge in [-0.1, -0.05) is 0 Å². The molecule has 0 bridgehead atoms. The third kappa shape index (κ3) is 1.10. The molecule has 2 nitrogen and oxygen atoms in total. The molecule has 0 amide bonds. The summed E-state index contributed by atoms with van der Waals surface area (Å²) in [5.74, 6) is 0.637. The first-order valence-electron chi connectivity index (χ1n) is 3.08. The highest BCUT2D eigenvalue weighted by Crippen LogP contribution is 1.98. The Bertz CT molecular complexity index is 162. The second kappa shape index (κ2) is 2.52. The number of furan rings is 1. The fourth-order valence-electron chi connectivity index (χ4n) is 0.524. The molecule has 1 rings (SSSR count). The highest BCUT2D eigenvalue weighted by Gasteiger charge is 1.88. The van der Waals surface area contributed by atoms with Gasteiger partial charge in [-0.25, -0.2) is 0 Å². The molecule has 0 spiro atoms. The van der Waals surface area contributed by atoms with E-state index in [0.717, 1.165) is 0 Å². The molecule has 2 heteroatoms. The Kier molecular flexibility index (Phi) is 1.31. The molecule has 0 saturated carbocycles. The minimum Gasteiger partial charge on any atom is -0.469 e. The molecule has 0 aliphatic carbocycles. The first kappa shape index (κ1) is 4.15. The van der Waals surface area contributed by atoms with E-state index in [1.807, 2.05) is 0 Å². The maximum Gasteiger partial charge on any atom is 0.105 e. The van der Waals surface area contributed by atoms with Crippen molar-refractivity contribution >= 4 is 0 Å². The first-order valence-corrected chi connectivity index (χ1v) is 2.50. The van der Waals surface area contributed by atoms with Gasteiger partial charge in [-0.05, 0) is 18.7 Å². The average Bonchev–Trinajstić information content (AvgIpc) is 2.37. The van der Waals surface area contributed by atoms with Crippen LogP contribution in [0.2, 0.25) is 0 Å². The molecule has 44 valence electrons. The highest BCUT2D eigenvalue weighted by molar-refractivity contribution is 4.97. The molecule has 1 heterocycles. The third-order valence-corrected chi connectivity index (χ3v) is 0.862. The standard InChI is InChI=1S/C6H9NO/c7-4-3-6-2-1-5-8-6/h1-2,5H,3-4,7H2/i3D. The van der Waals surface area contributed by atoms with Gasteiger partial charge in [0.15, 0.2) is 0 Å². The van der Waals surface area contributed by atoms with E-state index in [0.29, 0.717) is 12.3 Å². The fourth-order valence-corrected chi connectivity index (χ4v) is 0.524. The van der Waals surface area contributed by atoms with Crippen LogP contribution in [0.25, 0.3) is 0 Å². The molecule has 0 radical (unpaired) electrons. The maximum atomic E-state index is 7.26. The van der Waals surface area contributed by atoms with Gasteiger partial charge in [0.25, 0.3) is 0 Å². The van der Waals surface area contributed by atoms with Crippen LogP contribution in [-0.2, 0) is 6.40 Å². The van der Waals surface area contributed by atoms with Crippen molar-refractivity contribution in [2.45, 2.75) is 6.40 Å². The summed E-state index contributed by atoms with van der Waals surface area (Å²) >= 11 is 0. The van der Waals surface area contributed by atoms with Crippen LogP contribution in [0.5, 0.6) is 0 Å². The molecular weight excluding hydrogens is 102 g/mol. The van der Waals surface area contributed by atoms with Crippen LogP contribution in [-0.4, -0.2) is 6.54 Å². The van der Waals surface area contributed by atoms with E-state index in [4.69, 9.17) is 11.5 Å². The minimum absolute atomic E-state index is 0.313. The van der Waals surface area contributed by atoms with E-state index in [9.17, 15) is 0 Å². The molecule has 0 aliphatic rings. The maximum absolute atomic E-state index is 7.26. The van der Waals surface area contributed by atoms with Crippen LogP contribution in [0.3, 0.4) is 0 Å². The molecule has 0 aliphatic heterocycles. The van der Waals surface area contributed by atoms with Gasteiger partial charge in [0, 0.05) is 7.77 Å². The van der Waals surface area contributed by atoms with Crippen LogP contribution in [0, 0.1) is 0 Å². The Labute approximate surface area is 49.7 Å². The van der Waals surface area contributed by atoms with Crippen molar-refractivity contribution in [3.63, 3.8) is 0 Å².